The van der Waals surface area contributed by atoms with E-state index in [0.717, 1.165) is 35.4 Å². The van der Waals surface area contributed by atoms with Gasteiger partial charge in [0.05, 0.1) is 11.6 Å². The molecule has 0 spiro atoms. The topological polar surface area (TPSA) is 15.5 Å². The lowest BCUT2D eigenvalue weighted by molar-refractivity contribution is 0.399. The Morgan fingerprint density at radius 2 is 1.50 bits per heavy atom. The molecule has 6 rings (SSSR count). The molecule has 0 radical (unpaired) electrons. The van der Waals surface area contributed by atoms with E-state index in [1.165, 1.54) is 44.5 Å². The molecule has 3 heterocycles. The van der Waals surface area contributed by atoms with Crippen molar-refractivity contribution in [1.29, 1.82) is 0 Å². The molecule has 0 bridgehead atoms. The predicted molar refractivity (Wildman–Crippen MR) is 161 cm³/mol. The minimum atomic E-state index is -0.0469. The first kappa shape index (κ1) is 24.7. The quantitative estimate of drug-likeness (QED) is 0.287. The number of likely N-dealkylation sites (N-methyl/N-ethyl adjacent to an activating group) is 2. The van der Waals surface area contributed by atoms with Crippen LogP contribution in [0.1, 0.15) is 77.6 Å². The van der Waals surface area contributed by atoms with Crippen LogP contribution in [-0.4, -0.2) is 24.2 Å². The minimum absolute atomic E-state index is 0.0469. The molecule has 3 nitrogen and oxygen atoms in total. The van der Waals surface area contributed by atoms with Crippen LogP contribution in [0.4, 0.5) is 5.69 Å². The molecule has 0 aromatic heterocycles. The Morgan fingerprint density at radius 3 is 2.18 bits per heavy atom. The van der Waals surface area contributed by atoms with Crippen LogP contribution in [-0.2, 0) is 0 Å². The van der Waals surface area contributed by atoms with Crippen molar-refractivity contribution in [1.82, 2.24) is 4.58 Å². The third-order valence-electron chi connectivity index (χ3n) is 8.61. The Hall–Kier alpha value is -3.59. The van der Waals surface area contributed by atoms with E-state index in [-0.39, 0.29) is 11.1 Å². The summed E-state index contributed by atoms with van der Waals surface area (Å²) in [6.07, 6.45) is 4.80. The number of nitrogens with zero attached hydrogens (tertiary/aromatic N) is 2. The van der Waals surface area contributed by atoms with Gasteiger partial charge in [0.1, 0.15) is 18.0 Å². The van der Waals surface area contributed by atoms with E-state index >= 15 is 0 Å². The second-order valence-electron chi connectivity index (χ2n) is 12.0. The normalized spacial score (nSPS) is 18.5. The van der Waals surface area contributed by atoms with Crippen molar-refractivity contribution in [2.45, 2.75) is 66.5 Å². The van der Waals surface area contributed by atoms with Crippen LogP contribution >= 0.6 is 0 Å². The summed E-state index contributed by atoms with van der Waals surface area (Å²) in [6, 6.07) is 20.1. The summed E-state index contributed by atoms with van der Waals surface area (Å²) < 4.78 is 9.33. The van der Waals surface area contributed by atoms with Crippen LogP contribution in [0.3, 0.4) is 0 Å². The highest BCUT2D eigenvalue weighted by Gasteiger charge is 2.35. The molecule has 0 fully saturated rings. The molecule has 38 heavy (non-hydrogen) atoms. The van der Waals surface area contributed by atoms with Crippen molar-refractivity contribution >= 4 is 22.4 Å². The number of hydrogen-bond donors (Lipinski definition) is 0. The molecule has 194 valence electrons. The van der Waals surface area contributed by atoms with Crippen LogP contribution in [0.25, 0.3) is 16.7 Å². The fourth-order valence-corrected chi connectivity index (χ4v) is 7.10. The first-order valence-corrected chi connectivity index (χ1v) is 14.0. The monoisotopic (exact) mass is 503 g/mol. The number of ether oxygens (including phenoxy) is 1. The number of allylic oxidation sites excluding steroid dienone is 2. The lowest BCUT2D eigenvalue weighted by Crippen LogP contribution is -2.49. The second kappa shape index (κ2) is 8.46. The van der Waals surface area contributed by atoms with Crippen molar-refractivity contribution in [2.75, 3.05) is 18.0 Å². The maximum Gasteiger partial charge on any atom is 0.211 e. The van der Waals surface area contributed by atoms with Crippen LogP contribution in [0, 0.1) is 0 Å². The Kier molecular flexibility index (Phi) is 5.51. The van der Waals surface area contributed by atoms with Gasteiger partial charge in [0.15, 0.2) is 5.54 Å². The smallest absolute Gasteiger partial charge is 0.211 e. The first-order valence-electron chi connectivity index (χ1n) is 14.0. The molecule has 0 unspecified atom stereocenters. The van der Waals surface area contributed by atoms with E-state index in [2.05, 4.69) is 132 Å². The van der Waals surface area contributed by atoms with Gasteiger partial charge in [0.2, 0.25) is 5.36 Å². The molecule has 0 aliphatic carbocycles. The SMILES string of the molecule is CCN1c2cc3c(cc2C(C)=CC1(C)C)C(c1ccccc1)=c1cc2c(cc1O3)=[N+](CC)C(C)(C)C=C2C. The molecule has 0 N–H and O–H groups in total. The van der Waals surface area contributed by atoms with E-state index in [0.29, 0.717) is 0 Å². The highest BCUT2D eigenvalue weighted by Crippen LogP contribution is 2.46. The van der Waals surface area contributed by atoms with Gasteiger partial charge in [0, 0.05) is 59.6 Å². The molecule has 3 heteroatoms. The van der Waals surface area contributed by atoms with E-state index in [4.69, 9.17) is 4.74 Å². The van der Waals surface area contributed by atoms with E-state index in [9.17, 15) is 0 Å². The first-order chi connectivity index (χ1) is 18.1. The van der Waals surface area contributed by atoms with Gasteiger partial charge in [-0.3, -0.25) is 0 Å². The molecule has 3 aromatic carbocycles. The van der Waals surface area contributed by atoms with Gasteiger partial charge in [-0.1, -0.05) is 36.4 Å². The van der Waals surface area contributed by atoms with Crippen molar-refractivity contribution in [3.05, 3.63) is 99.6 Å². The fraction of sp³-hybridized carbons (Fsp3) is 0.343. The largest absolute Gasteiger partial charge is 0.456 e. The summed E-state index contributed by atoms with van der Waals surface area (Å²) >= 11 is 0. The molecule has 3 aliphatic heterocycles. The Balaban J connectivity index is 1.72. The predicted octanol–water partition coefficient (Wildman–Crippen LogP) is 6.77. The minimum Gasteiger partial charge on any atom is -0.456 e. The maximum absolute atomic E-state index is 6.84. The van der Waals surface area contributed by atoms with E-state index in [1.54, 1.807) is 0 Å². The third-order valence-corrected chi connectivity index (χ3v) is 8.61. The lowest BCUT2D eigenvalue weighted by Gasteiger charge is -2.43. The summed E-state index contributed by atoms with van der Waals surface area (Å²) in [4.78, 5) is 2.49. The highest BCUT2D eigenvalue weighted by atomic mass is 16.5. The number of hydrogen-bond acceptors (Lipinski definition) is 2. The van der Waals surface area contributed by atoms with Crippen molar-refractivity contribution in [3.63, 3.8) is 0 Å². The Morgan fingerprint density at radius 1 is 0.789 bits per heavy atom. The lowest BCUT2D eigenvalue weighted by atomic mass is 9.84. The maximum atomic E-state index is 6.84. The summed E-state index contributed by atoms with van der Waals surface area (Å²) in [5.41, 5.74) is 10.0. The van der Waals surface area contributed by atoms with Crippen molar-refractivity contribution in [2.24, 2.45) is 0 Å². The van der Waals surface area contributed by atoms with Crippen molar-refractivity contribution < 1.29 is 4.74 Å². The fourth-order valence-electron chi connectivity index (χ4n) is 7.10. The van der Waals surface area contributed by atoms with E-state index in [1.807, 2.05) is 0 Å². The van der Waals surface area contributed by atoms with Gasteiger partial charge in [0.25, 0.3) is 0 Å². The molecule has 3 aliphatic rings. The number of benzene rings is 3. The van der Waals surface area contributed by atoms with E-state index < -0.39 is 0 Å². The standard InChI is InChI=1S/C35H39N2O/c1-9-36-29-18-31-27(16-25(29)22(3)20-34(36,5)6)33(24-14-12-11-13-15-24)28-17-26-23(4)21-35(7,8)37(10-2)30(26)19-32(28)38-31/h11-21H,9-10H2,1-8H3/q+1. The van der Waals surface area contributed by atoms with Gasteiger partial charge < -0.3 is 9.64 Å². The molecule has 0 saturated heterocycles. The molecular formula is C35H39N2O+. The van der Waals surface area contributed by atoms with Gasteiger partial charge in [-0.2, -0.15) is 0 Å². The highest BCUT2D eigenvalue weighted by molar-refractivity contribution is 5.91. The Bertz CT molecular complexity index is 1670. The molecule has 0 atom stereocenters. The zero-order valence-electron chi connectivity index (χ0n) is 24.1. The second-order valence-corrected chi connectivity index (χ2v) is 12.0. The van der Waals surface area contributed by atoms with Gasteiger partial charge in [-0.15, -0.1) is 0 Å². The average molecular weight is 504 g/mol. The van der Waals surface area contributed by atoms with Crippen LogP contribution in [0.15, 0.2) is 66.7 Å². The summed E-state index contributed by atoms with van der Waals surface area (Å²) in [7, 11) is 0. The summed E-state index contributed by atoms with van der Waals surface area (Å²) in [5, 5.41) is 2.41. The van der Waals surface area contributed by atoms with Crippen molar-refractivity contribution in [3.8, 4) is 11.5 Å². The van der Waals surface area contributed by atoms with Crippen LogP contribution in [0.5, 0.6) is 11.5 Å². The summed E-state index contributed by atoms with van der Waals surface area (Å²) in [6.45, 7) is 20.0. The number of rotatable bonds is 3. The molecular weight excluding hydrogens is 464 g/mol. The number of fused-ring (bicyclic) bond motifs is 4. The van der Waals surface area contributed by atoms with Crippen LogP contribution in [0.2, 0.25) is 0 Å². The zero-order valence-corrected chi connectivity index (χ0v) is 24.1. The van der Waals surface area contributed by atoms with Gasteiger partial charge >= 0.3 is 0 Å². The molecule has 0 amide bonds. The zero-order chi connectivity index (χ0) is 27.0. The van der Waals surface area contributed by atoms with Gasteiger partial charge in [-0.05, 0) is 76.5 Å². The molecule has 0 saturated carbocycles. The van der Waals surface area contributed by atoms with Gasteiger partial charge in [-0.25, -0.2) is 4.58 Å². The van der Waals surface area contributed by atoms with Crippen LogP contribution < -0.4 is 24.8 Å². The third kappa shape index (κ3) is 3.59. The average Bonchev–Trinajstić information content (AvgIpc) is 2.85. The summed E-state index contributed by atoms with van der Waals surface area (Å²) in [5.74, 6) is 1.87. The number of anilines is 1. The Labute approximate surface area is 227 Å². The molecule has 3 aromatic rings.